The maximum Gasteiger partial charge on any atom is 0.270 e. The fourth-order valence-electron chi connectivity index (χ4n) is 1.17. The number of aromatic amines is 1. The van der Waals surface area contributed by atoms with Gasteiger partial charge in [-0.1, -0.05) is 18.2 Å². The van der Waals surface area contributed by atoms with Gasteiger partial charge in [0.15, 0.2) is 0 Å². The largest absolute Gasteiger partial charge is 0.270 e. The lowest BCUT2D eigenvalue weighted by atomic mass is 10.3. The second-order valence-corrected chi connectivity index (χ2v) is 2.65. The van der Waals surface area contributed by atoms with Crippen LogP contribution >= 0.6 is 0 Å². The average Bonchev–Trinajstić information content (AvgIpc) is 2.53. The SMILES string of the molecule is Cc1[nH]nc[n+]1-c1ccccc1. The Bertz CT molecular complexity index is 364. The fourth-order valence-corrected chi connectivity index (χ4v) is 1.17. The van der Waals surface area contributed by atoms with Gasteiger partial charge < -0.3 is 0 Å². The molecule has 0 amide bonds. The van der Waals surface area contributed by atoms with E-state index in [0.29, 0.717) is 0 Å². The zero-order valence-electron chi connectivity index (χ0n) is 6.86. The second kappa shape index (κ2) is 2.77. The lowest BCUT2D eigenvalue weighted by molar-refractivity contribution is -0.602. The number of benzene rings is 1. The Balaban J connectivity index is 2.51. The molecule has 1 aromatic carbocycles. The summed E-state index contributed by atoms with van der Waals surface area (Å²) in [5.41, 5.74) is 1.13. The number of H-pyrrole nitrogens is 1. The first-order valence-corrected chi connectivity index (χ1v) is 3.85. The summed E-state index contributed by atoms with van der Waals surface area (Å²) in [6.07, 6.45) is 1.77. The average molecular weight is 160 g/mol. The number of para-hydroxylation sites is 1. The number of aromatic nitrogens is 3. The normalized spacial score (nSPS) is 10.1. The molecule has 60 valence electrons. The molecule has 0 unspecified atom stereocenters. The molecular formula is C9H10N3+. The summed E-state index contributed by atoms with van der Waals surface area (Å²) < 4.78 is 2.00. The van der Waals surface area contributed by atoms with Crippen LogP contribution in [0.25, 0.3) is 5.69 Å². The molecule has 0 bridgehead atoms. The van der Waals surface area contributed by atoms with Crippen molar-refractivity contribution in [3.05, 3.63) is 42.5 Å². The van der Waals surface area contributed by atoms with Crippen molar-refractivity contribution < 1.29 is 4.57 Å². The Morgan fingerprint density at radius 2 is 2.00 bits per heavy atom. The van der Waals surface area contributed by atoms with Gasteiger partial charge in [0, 0.05) is 12.0 Å². The van der Waals surface area contributed by atoms with E-state index in [1.165, 1.54) is 0 Å². The summed E-state index contributed by atoms with van der Waals surface area (Å²) in [6, 6.07) is 10.1. The molecule has 0 aliphatic carbocycles. The third-order valence-corrected chi connectivity index (χ3v) is 1.80. The molecule has 2 rings (SSSR count). The van der Waals surface area contributed by atoms with E-state index < -0.39 is 0 Å². The highest BCUT2D eigenvalue weighted by Gasteiger charge is 2.05. The first kappa shape index (κ1) is 7.03. The third-order valence-electron chi connectivity index (χ3n) is 1.80. The maximum absolute atomic E-state index is 3.94. The van der Waals surface area contributed by atoms with Crippen molar-refractivity contribution in [3.63, 3.8) is 0 Å². The molecule has 0 saturated carbocycles. The van der Waals surface area contributed by atoms with Crippen LogP contribution in [0, 0.1) is 6.92 Å². The van der Waals surface area contributed by atoms with E-state index in [1.807, 2.05) is 41.8 Å². The molecule has 1 N–H and O–H groups in total. The van der Waals surface area contributed by atoms with Gasteiger partial charge in [0.2, 0.25) is 5.82 Å². The zero-order valence-corrected chi connectivity index (χ0v) is 6.86. The standard InChI is InChI=1S/C9H9N3/c1-8-11-10-7-12(8)9-5-3-2-4-6-9/h2-7H,1H3/p+1. The van der Waals surface area contributed by atoms with Crippen molar-refractivity contribution >= 4 is 0 Å². The van der Waals surface area contributed by atoms with Crippen molar-refractivity contribution in [1.29, 1.82) is 0 Å². The number of rotatable bonds is 1. The van der Waals surface area contributed by atoms with E-state index >= 15 is 0 Å². The molecule has 2 aromatic rings. The Kier molecular flexibility index (Phi) is 1.63. The Morgan fingerprint density at radius 1 is 1.25 bits per heavy atom. The zero-order chi connectivity index (χ0) is 8.39. The fraction of sp³-hybridized carbons (Fsp3) is 0.111. The Morgan fingerprint density at radius 3 is 2.58 bits per heavy atom. The molecule has 3 heteroatoms. The molecule has 1 heterocycles. The number of nitrogens with one attached hydrogen (secondary N) is 1. The van der Waals surface area contributed by atoms with E-state index in [2.05, 4.69) is 10.2 Å². The number of aryl methyl sites for hydroxylation is 1. The van der Waals surface area contributed by atoms with Crippen molar-refractivity contribution in [1.82, 2.24) is 10.2 Å². The molecule has 0 aliphatic rings. The van der Waals surface area contributed by atoms with E-state index in [0.717, 1.165) is 11.5 Å². The molecule has 0 saturated heterocycles. The van der Waals surface area contributed by atoms with E-state index in [9.17, 15) is 0 Å². The van der Waals surface area contributed by atoms with Crippen LogP contribution in [0.5, 0.6) is 0 Å². The molecule has 1 aromatic heterocycles. The minimum absolute atomic E-state index is 1.03. The summed E-state index contributed by atoms with van der Waals surface area (Å²) in [6.45, 7) is 1.99. The number of hydrogen-bond acceptors (Lipinski definition) is 1. The quantitative estimate of drug-likeness (QED) is 0.620. The molecule has 0 atom stereocenters. The topological polar surface area (TPSA) is 32.6 Å². The summed E-state index contributed by atoms with van der Waals surface area (Å²) in [5.74, 6) is 1.03. The van der Waals surface area contributed by atoms with Gasteiger partial charge in [-0.3, -0.25) is 0 Å². The predicted molar refractivity (Wildman–Crippen MR) is 44.9 cm³/mol. The van der Waals surface area contributed by atoms with Crippen LogP contribution in [0.1, 0.15) is 5.82 Å². The van der Waals surface area contributed by atoms with Crippen molar-refractivity contribution in [2.75, 3.05) is 0 Å². The van der Waals surface area contributed by atoms with E-state index in [-0.39, 0.29) is 0 Å². The summed E-state index contributed by atoms with van der Waals surface area (Å²) in [4.78, 5) is 0. The van der Waals surface area contributed by atoms with Crippen LogP contribution in [0.4, 0.5) is 0 Å². The maximum atomic E-state index is 3.94. The van der Waals surface area contributed by atoms with Crippen molar-refractivity contribution in [2.45, 2.75) is 6.92 Å². The van der Waals surface area contributed by atoms with E-state index in [4.69, 9.17) is 0 Å². The van der Waals surface area contributed by atoms with Gasteiger partial charge in [-0.05, 0) is 12.1 Å². The minimum Gasteiger partial charge on any atom is -0.201 e. The first-order valence-electron chi connectivity index (χ1n) is 3.85. The van der Waals surface area contributed by atoms with Crippen molar-refractivity contribution in [3.8, 4) is 5.69 Å². The Hall–Kier alpha value is -1.64. The first-order chi connectivity index (χ1) is 5.88. The minimum atomic E-state index is 1.03. The van der Waals surface area contributed by atoms with Gasteiger partial charge in [0.05, 0.1) is 0 Å². The molecule has 0 spiro atoms. The molecule has 0 fully saturated rings. The van der Waals surface area contributed by atoms with Crippen molar-refractivity contribution in [2.24, 2.45) is 0 Å². The van der Waals surface area contributed by atoms with Crippen LogP contribution in [0.15, 0.2) is 36.7 Å². The van der Waals surface area contributed by atoms with Gasteiger partial charge in [-0.15, -0.1) is 5.10 Å². The Labute approximate surface area is 70.7 Å². The highest BCUT2D eigenvalue weighted by molar-refractivity contribution is 5.21. The molecule has 0 radical (unpaired) electrons. The molecule has 0 aliphatic heterocycles. The second-order valence-electron chi connectivity index (χ2n) is 2.65. The van der Waals surface area contributed by atoms with Crippen LogP contribution in [0.2, 0.25) is 0 Å². The number of nitrogens with zero attached hydrogens (tertiary/aromatic N) is 2. The highest BCUT2D eigenvalue weighted by Crippen LogP contribution is 1.97. The lowest BCUT2D eigenvalue weighted by Crippen LogP contribution is -2.31. The molecule has 3 nitrogen and oxygen atoms in total. The monoisotopic (exact) mass is 160 g/mol. The summed E-state index contributed by atoms with van der Waals surface area (Å²) in [5, 5.41) is 6.82. The summed E-state index contributed by atoms with van der Waals surface area (Å²) >= 11 is 0. The predicted octanol–water partition coefficient (Wildman–Crippen LogP) is 0.995. The lowest BCUT2D eigenvalue weighted by Gasteiger charge is -1.95. The van der Waals surface area contributed by atoms with Gasteiger partial charge in [-0.2, -0.15) is 0 Å². The van der Waals surface area contributed by atoms with Crippen LogP contribution in [0.3, 0.4) is 0 Å². The third kappa shape index (κ3) is 1.09. The molecule has 12 heavy (non-hydrogen) atoms. The van der Waals surface area contributed by atoms with Gasteiger partial charge in [0.1, 0.15) is 5.69 Å². The van der Waals surface area contributed by atoms with Gasteiger partial charge in [0.25, 0.3) is 6.33 Å². The van der Waals surface area contributed by atoms with E-state index in [1.54, 1.807) is 6.33 Å². The van der Waals surface area contributed by atoms with Crippen LogP contribution in [-0.4, -0.2) is 10.2 Å². The smallest absolute Gasteiger partial charge is 0.201 e. The van der Waals surface area contributed by atoms with Crippen LogP contribution in [-0.2, 0) is 0 Å². The highest BCUT2D eigenvalue weighted by atomic mass is 15.3. The van der Waals surface area contributed by atoms with Crippen LogP contribution < -0.4 is 4.57 Å². The van der Waals surface area contributed by atoms with Gasteiger partial charge >= 0.3 is 0 Å². The summed E-state index contributed by atoms with van der Waals surface area (Å²) in [7, 11) is 0. The van der Waals surface area contributed by atoms with Gasteiger partial charge in [-0.25, -0.2) is 4.57 Å². The molecular weight excluding hydrogens is 150 g/mol. The number of hydrogen-bond donors (Lipinski definition) is 1.